The number of hydrogen-bond donors (Lipinski definition) is 1. The van der Waals surface area contributed by atoms with Crippen LogP contribution in [-0.2, 0) is 13.1 Å². The predicted molar refractivity (Wildman–Crippen MR) is 77.4 cm³/mol. The molecule has 0 atom stereocenters. The number of rotatable bonds is 5. The number of nitrogens with zero attached hydrogens (tertiary/aromatic N) is 5. The molecule has 6 nitrogen and oxygen atoms in total. The first-order chi connectivity index (χ1) is 9.86. The predicted octanol–water partition coefficient (Wildman–Crippen LogP) is 2.61. The minimum absolute atomic E-state index is 0.535. The van der Waals surface area contributed by atoms with Crippen molar-refractivity contribution in [1.29, 1.82) is 0 Å². The molecule has 2 heterocycles. The van der Waals surface area contributed by atoms with E-state index >= 15 is 0 Å². The second kappa shape index (κ2) is 6.07. The van der Waals surface area contributed by atoms with Crippen LogP contribution < -0.4 is 5.32 Å². The molecular formula is C14H22N6. The Labute approximate surface area is 119 Å². The fraction of sp³-hybridized carbons (Fsp3) is 0.643. The maximum Gasteiger partial charge on any atom is 0.242 e. The molecule has 0 saturated heterocycles. The molecule has 0 radical (unpaired) electrons. The molecule has 1 N–H and O–H groups in total. The zero-order valence-electron chi connectivity index (χ0n) is 12.0. The molecule has 0 unspecified atom stereocenters. The van der Waals surface area contributed by atoms with Crippen molar-refractivity contribution in [3.05, 3.63) is 24.3 Å². The van der Waals surface area contributed by atoms with Gasteiger partial charge < -0.3 is 5.32 Å². The van der Waals surface area contributed by atoms with Crippen molar-refractivity contribution in [2.24, 2.45) is 0 Å². The third kappa shape index (κ3) is 2.84. The Morgan fingerprint density at radius 2 is 2.15 bits per heavy atom. The van der Waals surface area contributed by atoms with Crippen molar-refractivity contribution in [3.8, 4) is 0 Å². The SMILES string of the molecule is CCn1nccc1CNc1ncn(C2CCCCC2)n1. The molecule has 0 spiro atoms. The van der Waals surface area contributed by atoms with Crippen LogP contribution in [-0.4, -0.2) is 24.5 Å². The summed E-state index contributed by atoms with van der Waals surface area (Å²) in [6.07, 6.45) is 10.1. The van der Waals surface area contributed by atoms with Crippen LogP contribution in [0.5, 0.6) is 0 Å². The van der Waals surface area contributed by atoms with E-state index in [1.165, 1.54) is 32.1 Å². The van der Waals surface area contributed by atoms with Crippen LogP contribution in [0.25, 0.3) is 0 Å². The van der Waals surface area contributed by atoms with Gasteiger partial charge in [0.1, 0.15) is 6.33 Å². The third-order valence-corrected chi connectivity index (χ3v) is 3.99. The average Bonchev–Trinajstić information content (AvgIpc) is 3.15. The molecule has 1 aliphatic carbocycles. The molecule has 3 rings (SSSR count). The van der Waals surface area contributed by atoms with Gasteiger partial charge in [-0.3, -0.25) is 4.68 Å². The van der Waals surface area contributed by atoms with E-state index in [0.717, 1.165) is 12.2 Å². The highest BCUT2D eigenvalue weighted by atomic mass is 15.4. The van der Waals surface area contributed by atoms with Gasteiger partial charge in [-0.05, 0) is 25.8 Å². The van der Waals surface area contributed by atoms with Crippen molar-refractivity contribution < 1.29 is 0 Å². The molecule has 20 heavy (non-hydrogen) atoms. The number of hydrogen-bond acceptors (Lipinski definition) is 4. The van der Waals surface area contributed by atoms with Crippen molar-refractivity contribution in [2.45, 2.75) is 58.2 Å². The van der Waals surface area contributed by atoms with Gasteiger partial charge in [-0.15, -0.1) is 5.10 Å². The van der Waals surface area contributed by atoms with E-state index in [0.29, 0.717) is 18.5 Å². The van der Waals surface area contributed by atoms with Gasteiger partial charge in [0.25, 0.3) is 0 Å². The summed E-state index contributed by atoms with van der Waals surface area (Å²) < 4.78 is 4.00. The molecule has 0 aliphatic heterocycles. The van der Waals surface area contributed by atoms with Crippen LogP contribution in [0.4, 0.5) is 5.95 Å². The van der Waals surface area contributed by atoms with E-state index in [-0.39, 0.29) is 0 Å². The monoisotopic (exact) mass is 274 g/mol. The van der Waals surface area contributed by atoms with Gasteiger partial charge in [-0.25, -0.2) is 9.67 Å². The normalized spacial score (nSPS) is 16.4. The van der Waals surface area contributed by atoms with Crippen molar-refractivity contribution in [1.82, 2.24) is 24.5 Å². The standard InChI is InChI=1S/C14H22N6/c1-2-19-13(8-9-17-19)10-15-14-16-11-20(18-14)12-6-4-3-5-7-12/h8-9,11-12H,2-7,10H2,1H3,(H,15,18). The molecule has 2 aromatic rings. The van der Waals surface area contributed by atoms with Crippen LogP contribution >= 0.6 is 0 Å². The summed E-state index contributed by atoms with van der Waals surface area (Å²) in [5, 5.41) is 12.1. The molecule has 0 aromatic carbocycles. The van der Waals surface area contributed by atoms with Crippen molar-refractivity contribution in [2.75, 3.05) is 5.32 Å². The molecule has 0 bridgehead atoms. The minimum Gasteiger partial charge on any atom is -0.347 e. The van der Waals surface area contributed by atoms with Gasteiger partial charge in [0.2, 0.25) is 5.95 Å². The Kier molecular flexibility index (Phi) is 3.99. The van der Waals surface area contributed by atoms with Crippen LogP contribution in [0, 0.1) is 0 Å². The molecule has 1 fully saturated rings. The minimum atomic E-state index is 0.535. The maximum absolute atomic E-state index is 4.55. The van der Waals surface area contributed by atoms with E-state index in [2.05, 4.69) is 27.4 Å². The number of nitrogens with one attached hydrogen (secondary N) is 1. The summed E-state index contributed by atoms with van der Waals surface area (Å²) in [7, 11) is 0. The largest absolute Gasteiger partial charge is 0.347 e. The highest BCUT2D eigenvalue weighted by Crippen LogP contribution is 2.27. The second-order valence-corrected chi connectivity index (χ2v) is 5.33. The van der Waals surface area contributed by atoms with E-state index in [1.54, 1.807) is 0 Å². The van der Waals surface area contributed by atoms with Crippen LogP contribution in [0.2, 0.25) is 0 Å². The lowest BCUT2D eigenvalue weighted by Crippen LogP contribution is -2.14. The Morgan fingerprint density at radius 3 is 2.95 bits per heavy atom. The summed E-state index contributed by atoms with van der Waals surface area (Å²) in [6, 6.07) is 2.56. The summed E-state index contributed by atoms with van der Waals surface area (Å²) in [6.45, 7) is 3.68. The van der Waals surface area contributed by atoms with E-state index in [4.69, 9.17) is 0 Å². The lowest BCUT2D eigenvalue weighted by atomic mass is 9.96. The van der Waals surface area contributed by atoms with E-state index in [1.807, 2.05) is 28.0 Å². The summed E-state index contributed by atoms with van der Waals surface area (Å²) in [5.74, 6) is 0.708. The summed E-state index contributed by atoms with van der Waals surface area (Å²) in [5.41, 5.74) is 1.15. The molecule has 6 heteroatoms. The summed E-state index contributed by atoms with van der Waals surface area (Å²) >= 11 is 0. The van der Waals surface area contributed by atoms with Gasteiger partial charge in [0, 0.05) is 12.7 Å². The van der Waals surface area contributed by atoms with Gasteiger partial charge in [0.15, 0.2) is 0 Å². The fourth-order valence-corrected chi connectivity index (χ4v) is 2.84. The van der Waals surface area contributed by atoms with Crippen molar-refractivity contribution >= 4 is 5.95 Å². The average molecular weight is 274 g/mol. The molecule has 1 aliphatic rings. The zero-order valence-corrected chi connectivity index (χ0v) is 12.0. The third-order valence-electron chi connectivity index (χ3n) is 3.99. The first kappa shape index (κ1) is 13.1. The molecule has 1 saturated carbocycles. The molecule has 2 aromatic heterocycles. The van der Waals surface area contributed by atoms with Crippen molar-refractivity contribution in [3.63, 3.8) is 0 Å². The van der Waals surface area contributed by atoms with E-state index < -0.39 is 0 Å². The molecule has 0 amide bonds. The van der Waals surface area contributed by atoms with Gasteiger partial charge in [-0.1, -0.05) is 19.3 Å². The summed E-state index contributed by atoms with van der Waals surface area (Å²) in [4.78, 5) is 4.36. The Hall–Kier alpha value is -1.85. The van der Waals surface area contributed by atoms with Crippen LogP contribution in [0.1, 0.15) is 50.8 Å². The lowest BCUT2D eigenvalue weighted by Gasteiger charge is -2.21. The van der Waals surface area contributed by atoms with Gasteiger partial charge in [0.05, 0.1) is 18.3 Å². The lowest BCUT2D eigenvalue weighted by molar-refractivity contribution is 0.329. The first-order valence-electron chi connectivity index (χ1n) is 7.52. The first-order valence-corrected chi connectivity index (χ1v) is 7.52. The fourth-order valence-electron chi connectivity index (χ4n) is 2.84. The number of aromatic nitrogens is 5. The quantitative estimate of drug-likeness (QED) is 0.910. The molecular weight excluding hydrogens is 252 g/mol. The molecule has 108 valence electrons. The highest BCUT2D eigenvalue weighted by Gasteiger charge is 2.16. The number of anilines is 1. The Balaban J connectivity index is 1.59. The second-order valence-electron chi connectivity index (χ2n) is 5.33. The Bertz CT molecular complexity index is 537. The zero-order chi connectivity index (χ0) is 13.8. The maximum atomic E-state index is 4.55. The smallest absolute Gasteiger partial charge is 0.242 e. The van der Waals surface area contributed by atoms with Gasteiger partial charge in [-0.2, -0.15) is 5.10 Å². The van der Waals surface area contributed by atoms with E-state index in [9.17, 15) is 0 Å². The number of aryl methyl sites for hydroxylation is 1. The van der Waals surface area contributed by atoms with Crippen LogP contribution in [0.3, 0.4) is 0 Å². The van der Waals surface area contributed by atoms with Crippen LogP contribution in [0.15, 0.2) is 18.6 Å². The topological polar surface area (TPSA) is 60.6 Å². The highest BCUT2D eigenvalue weighted by molar-refractivity contribution is 5.23. The van der Waals surface area contributed by atoms with Gasteiger partial charge >= 0.3 is 0 Å². The Morgan fingerprint density at radius 1 is 1.30 bits per heavy atom.